The molecule has 0 unspecified atom stereocenters. The Hall–Kier alpha value is -0.800. The molecule has 0 radical (unpaired) electrons. The van der Waals surface area contributed by atoms with E-state index in [1.54, 1.807) is 19.2 Å². The summed E-state index contributed by atoms with van der Waals surface area (Å²) < 4.78 is 10.4. The van der Waals surface area contributed by atoms with Gasteiger partial charge >= 0.3 is 0 Å². The zero-order valence-corrected chi connectivity index (χ0v) is 8.25. The molecular formula is C9H12ClNO2. The number of rotatable bonds is 4. The summed E-state index contributed by atoms with van der Waals surface area (Å²) in [6.45, 7) is 4.87. The minimum absolute atomic E-state index is 0.130. The predicted octanol–water partition coefficient (Wildman–Crippen LogP) is 1.74. The zero-order chi connectivity index (χ0) is 9.68. The molecule has 0 N–H and O–H groups in total. The van der Waals surface area contributed by atoms with Crippen LogP contribution in [0.25, 0.3) is 0 Å². The highest BCUT2D eigenvalue weighted by Gasteiger charge is 2.20. The normalized spacial score (nSPS) is 19.5. The number of hydrogen-bond donors (Lipinski definition) is 0. The van der Waals surface area contributed by atoms with Crippen LogP contribution in [0.15, 0.2) is 29.5 Å². The molecule has 1 fully saturated rings. The highest BCUT2D eigenvalue weighted by molar-refractivity contribution is 6.68. The maximum atomic E-state index is 5.70. The van der Waals surface area contributed by atoms with Crippen LogP contribution in [0.1, 0.15) is 0 Å². The number of ether oxygens (including phenoxy) is 2. The fourth-order valence-electron chi connectivity index (χ4n) is 0.798. The Morgan fingerprint density at radius 1 is 1.69 bits per heavy atom. The van der Waals surface area contributed by atoms with E-state index in [9.17, 15) is 0 Å². The van der Waals surface area contributed by atoms with Crippen LogP contribution in [0, 0.1) is 0 Å². The van der Waals surface area contributed by atoms with Gasteiger partial charge in [0.05, 0.1) is 13.2 Å². The molecule has 0 saturated carbocycles. The standard InChI is InChI=1S/C9H12ClNO2/c1-3-7(4-9(10)11-2)13-8-5-12-6-8/h3-4,8H,1,5-6H2,2H3/b7-4+,11-9?. The first kappa shape index (κ1) is 10.3. The first-order valence-corrected chi connectivity index (χ1v) is 4.35. The third kappa shape index (κ3) is 3.20. The molecule has 72 valence electrons. The number of halogens is 1. The van der Waals surface area contributed by atoms with Gasteiger partial charge in [-0.1, -0.05) is 18.2 Å². The molecule has 0 spiro atoms. The van der Waals surface area contributed by atoms with Gasteiger partial charge in [0, 0.05) is 13.1 Å². The fourth-order valence-corrected chi connectivity index (χ4v) is 0.905. The summed E-state index contributed by atoms with van der Waals surface area (Å²) in [4.78, 5) is 3.77. The molecule has 1 aliphatic rings. The van der Waals surface area contributed by atoms with Crippen molar-refractivity contribution in [2.45, 2.75) is 6.10 Å². The lowest BCUT2D eigenvalue weighted by molar-refractivity contribution is -0.105. The van der Waals surface area contributed by atoms with Gasteiger partial charge in [0.15, 0.2) is 0 Å². The summed E-state index contributed by atoms with van der Waals surface area (Å²) in [6, 6.07) is 0. The maximum Gasteiger partial charge on any atom is 0.145 e. The van der Waals surface area contributed by atoms with Crippen LogP contribution in [0.3, 0.4) is 0 Å². The Morgan fingerprint density at radius 3 is 2.77 bits per heavy atom. The predicted molar refractivity (Wildman–Crippen MR) is 53.2 cm³/mol. The van der Waals surface area contributed by atoms with E-state index in [1.165, 1.54) is 0 Å². The monoisotopic (exact) mass is 201 g/mol. The Morgan fingerprint density at radius 2 is 2.38 bits per heavy atom. The van der Waals surface area contributed by atoms with E-state index < -0.39 is 0 Å². The Balaban J connectivity index is 2.50. The van der Waals surface area contributed by atoms with Gasteiger partial charge in [-0.3, -0.25) is 4.99 Å². The van der Waals surface area contributed by atoms with Crippen molar-refractivity contribution in [3.05, 3.63) is 24.5 Å². The Kier molecular flexibility index (Phi) is 3.99. The summed E-state index contributed by atoms with van der Waals surface area (Å²) in [7, 11) is 1.62. The highest BCUT2D eigenvalue weighted by Crippen LogP contribution is 2.12. The first-order valence-electron chi connectivity index (χ1n) is 3.97. The molecule has 1 heterocycles. The average molecular weight is 202 g/mol. The lowest BCUT2D eigenvalue weighted by Gasteiger charge is -2.27. The van der Waals surface area contributed by atoms with Crippen molar-refractivity contribution >= 4 is 16.8 Å². The van der Waals surface area contributed by atoms with E-state index in [4.69, 9.17) is 21.1 Å². The lowest BCUT2D eigenvalue weighted by atomic mass is 10.3. The quantitative estimate of drug-likeness (QED) is 0.394. The molecule has 0 atom stereocenters. The zero-order valence-electron chi connectivity index (χ0n) is 7.50. The van der Waals surface area contributed by atoms with Crippen LogP contribution >= 0.6 is 11.6 Å². The van der Waals surface area contributed by atoms with Crippen molar-refractivity contribution in [1.82, 2.24) is 0 Å². The second kappa shape index (κ2) is 5.04. The number of hydrogen-bond acceptors (Lipinski definition) is 3. The van der Waals surface area contributed by atoms with E-state index in [0.717, 1.165) is 0 Å². The topological polar surface area (TPSA) is 30.8 Å². The second-order valence-corrected chi connectivity index (χ2v) is 2.96. The van der Waals surface area contributed by atoms with Gasteiger partial charge in [0.25, 0.3) is 0 Å². The molecule has 0 aliphatic carbocycles. The fraction of sp³-hybridized carbons (Fsp3) is 0.444. The van der Waals surface area contributed by atoms with Gasteiger partial charge in [0.1, 0.15) is 17.0 Å². The molecule has 4 heteroatoms. The third-order valence-corrected chi connectivity index (χ3v) is 1.86. The van der Waals surface area contributed by atoms with E-state index in [-0.39, 0.29) is 6.10 Å². The van der Waals surface area contributed by atoms with Crippen LogP contribution in [-0.4, -0.2) is 31.5 Å². The van der Waals surface area contributed by atoms with Crippen LogP contribution in [0.4, 0.5) is 0 Å². The summed E-state index contributed by atoms with van der Waals surface area (Å²) >= 11 is 5.70. The third-order valence-electron chi connectivity index (χ3n) is 1.59. The van der Waals surface area contributed by atoms with Gasteiger partial charge in [-0.25, -0.2) is 0 Å². The van der Waals surface area contributed by atoms with Crippen molar-refractivity contribution in [1.29, 1.82) is 0 Å². The molecule has 0 amide bonds. The molecule has 0 aromatic heterocycles. The SMILES string of the molecule is C=C/C(=C\C(Cl)=NC)OC1COC1. The molecule has 0 aromatic carbocycles. The molecule has 3 nitrogen and oxygen atoms in total. The van der Waals surface area contributed by atoms with Crippen molar-refractivity contribution < 1.29 is 9.47 Å². The molecule has 0 bridgehead atoms. The van der Waals surface area contributed by atoms with Gasteiger partial charge in [-0.15, -0.1) is 0 Å². The van der Waals surface area contributed by atoms with E-state index >= 15 is 0 Å². The molecule has 0 aromatic rings. The van der Waals surface area contributed by atoms with Crippen molar-refractivity contribution in [3.8, 4) is 0 Å². The molecule has 13 heavy (non-hydrogen) atoms. The lowest BCUT2D eigenvalue weighted by Crippen LogP contribution is -2.35. The molecule has 1 rings (SSSR count). The Bertz CT molecular complexity index is 244. The van der Waals surface area contributed by atoms with Crippen LogP contribution in [0.2, 0.25) is 0 Å². The van der Waals surface area contributed by atoms with E-state index in [0.29, 0.717) is 24.1 Å². The minimum atomic E-state index is 0.130. The average Bonchev–Trinajstić information content (AvgIpc) is 2.08. The van der Waals surface area contributed by atoms with E-state index in [2.05, 4.69) is 11.6 Å². The van der Waals surface area contributed by atoms with Crippen molar-refractivity contribution in [2.24, 2.45) is 4.99 Å². The maximum absolute atomic E-state index is 5.70. The van der Waals surface area contributed by atoms with Gasteiger partial charge in [0.2, 0.25) is 0 Å². The minimum Gasteiger partial charge on any atom is -0.486 e. The van der Waals surface area contributed by atoms with Gasteiger partial charge in [-0.2, -0.15) is 0 Å². The van der Waals surface area contributed by atoms with Crippen molar-refractivity contribution in [3.63, 3.8) is 0 Å². The van der Waals surface area contributed by atoms with Gasteiger partial charge in [-0.05, 0) is 6.08 Å². The number of allylic oxidation sites excluding steroid dienone is 2. The summed E-state index contributed by atoms with van der Waals surface area (Å²) in [5, 5.41) is 0.398. The molecular weight excluding hydrogens is 190 g/mol. The number of nitrogens with zero attached hydrogens (tertiary/aromatic N) is 1. The van der Waals surface area contributed by atoms with Gasteiger partial charge < -0.3 is 9.47 Å². The molecule has 1 aliphatic heterocycles. The van der Waals surface area contributed by atoms with Crippen LogP contribution in [0.5, 0.6) is 0 Å². The largest absolute Gasteiger partial charge is 0.486 e. The first-order chi connectivity index (χ1) is 6.26. The van der Waals surface area contributed by atoms with Crippen LogP contribution < -0.4 is 0 Å². The molecule has 1 saturated heterocycles. The summed E-state index contributed by atoms with van der Waals surface area (Å²) in [5.41, 5.74) is 0. The van der Waals surface area contributed by atoms with Crippen molar-refractivity contribution in [2.75, 3.05) is 20.3 Å². The highest BCUT2D eigenvalue weighted by atomic mass is 35.5. The smallest absolute Gasteiger partial charge is 0.145 e. The second-order valence-electron chi connectivity index (χ2n) is 2.57. The number of aliphatic imine (C=N–C) groups is 1. The van der Waals surface area contributed by atoms with Crippen LogP contribution in [-0.2, 0) is 9.47 Å². The summed E-state index contributed by atoms with van der Waals surface area (Å²) in [5.74, 6) is 0.629. The summed E-state index contributed by atoms with van der Waals surface area (Å²) in [6.07, 6.45) is 3.37. The Labute approximate surface area is 82.7 Å². The van der Waals surface area contributed by atoms with E-state index in [1.807, 2.05) is 0 Å².